The summed E-state index contributed by atoms with van der Waals surface area (Å²) < 4.78 is 10.8. The van der Waals surface area contributed by atoms with E-state index in [-0.39, 0.29) is 29.4 Å². The second-order valence-electron chi connectivity index (χ2n) is 6.68. The summed E-state index contributed by atoms with van der Waals surface area (Å²) in [5.41, 5.74) is 2.29. The molecule has 148 valence electrons. The van der Waals surface area contributed by atoms with E-state index in [0.717, 1.165) is 29.6 Å². The number of ether oxygens (including phenoxy) is 2. The molecule has 0 aromatic heterocycles. The smallest absolute Gasteiger partial charge is 0.191 e. The van der Waals surface area contributed by atoms with E-state index in [0.29, 0.717) is 6.54 Å². The molecule has 0 heterocycles. The van der Waals surface area contributed by atoms with Gasteiger partial charge in [0.25, 0.3) is 0 Å². The van der Waals surface area contributed by atoms with Crippen molar-refractivity contribution in [2.75, 3.05) is 27.8 Å². The highest BCUT2D eigenvalue weighted by Crippen LogP contribution is 2.30. The quantitative estimate of drug-likeness (QED) is 0.356. The van der Waals surface area contributed by atoms with Gasteiger partial charge in [0.1, 0.15) is 0 Å². The fourth-order valence-electron chi connectivity index (χ4n) is 2.79. The Hall–Kier alpha value is -1.96. The van der Waals surface area contributed by atoms with Gasteiger partial charge in [0.15, 0.2) is 17.5 Å². The maximum atomic E-state index is 5.48. The molecule has 0 spiro atoms. The summed E-state index contributed by atoms with van der Waals surface area (Å²) in [6.45, 7) is 5.79. The van der Waals surface area contributed by atoms with Crippen molar-refractivity contribution in [3.8, 4) is 11.5 Å². The number of halogens is 1. The summed E-state index contributed by atoms with van der Waals surface area (Å²) in [6.07, 6.45) is 0. The molecule has 0 bridgehead atoms. The van der Waals surface area contributed by atoms with Crippen LogP contribution in [0, 0.1) is 0 Å². The molecule has 0 aliphatic rings. The summed E-state index contributed by atoms with van der Waals surface area (Å²) >= 11 is 0. The van der Waals surface area contributed by atoms with Gasteiger partial charge >= 0.3 is 0 Å². The zero-order valence-corrected chi connectivity index (χ0v) is 19.0. The maximum Gasteiger partial charge on any atom is 0.191 e. The number of guanidine groups is 1. The van der Waals surface area contributed by atoms with Gasteiger partial charge in [0.2, 0.25) is 0 Å². The van der Waals surface area contributed by atoms with E-state index in [4.69, 9.17) is 9.47 Å². The van der Waals surface area contributed by atoms with Crippen LogP contribution in [0.5, 0.6) is 11.5 Å². The van der Waals surface area contributed by atoms with Crippen molar-refractivity contribution in [1.82, 2.24) is 10.6 Å². The number of nitrogens with zero attached hydrogens (tertiary/aromatic N) is 1. The molecule has 0 aliphatic carbocycles. The van der Waals surface area contributed by atoms with Crippen LogP contribution in [-0.2, 0) is 12.0 Å². The van der Waals surface area contributed by atoms with E-state index in [1.165, 1.54) is 5.56 Å². The highest BCUT2D eigenvalue weighted by atomic mass is 127. The van der Waals surface area contributed by atoms with Crippen LogP contribution in [-0.4, -0.2) is 33.8 Å². The van der Waals surface area contributed by atoms with Gasteiger partial charge in [0.05, 0.1) is 14.2 Å². The molecule has 0 unspecified atom stereocenters. The molecule has 27 heavy (non-hydrogen) atoms. The second-order valence-corrected chi connectivity index (χ2v) is 6.68. The van der Waals surface area contributed by atoms with Crippen LogP contribution < -0.4 is 20.1 Å². The Kier molecular flexibility index (Phi) is 9.41. The van der Waals surface area contributed by atoms with Crippen molar-refractivity contribution in [2.45, 2.75) is 25.8 Å². The molecule has 0 saturated carbocycles. The summed E-state index contributed by atoms with van der Waals surface area (Å²) in [6, 6.07) is 16.3. The topological polar surface area (TPSA) is 54.9 Å². The largest absolute Gasteiger partial charge is 0.493 e. The molecule has 2 rings (SSSR count). The van der Waals surface area contributed by atoms with Crippen LogP contribution in [0.3, 0.4) is 0 Å². The number of rotatable bonds is 7. The lowest BCUT2D eigenvalue weighted by atomic mass is 9.85. The van der Waals surface area contributed by atoms with E-state index in [2.05, 4.69) is 53.7 Å². The Morgan fingerprint density at radius 3 is 2.26 bits per heavy atom. The van der Waals surface area contributed by atoms with Crippen molar-refractivity contribution in [3.05, 3.63) is 59.7 Å². The van der Waals surface area contributed by atoms with E-state index in [1.807, 2.05) is 24.3 Å². The normalized spacial score (nSPS) is 11.4. The van der Waals surface area contributed by atoms with E-state index < -0.39 is 0 Å². The summed E-state index contributed by atoms with van der Waals surface area (Å²) in [4.78, 5) is 4.32. The molecule has 0 amide bonds. The zero-order valence-electron chi connectivity index (χ0n) is 16.7. The summed E-state index contributed by atoms with van der Waals surface area (Å²) in [5.74, 6) is 2.21. The van der Waals surface area contributed by atoms with Crippen LogP contribution in [0.2, 0.25) is 0 Å². The van der Waals surface area contributed by atoms with Crippen molar-refractivity contribution in [1.29, 1.82) is 0 Å². The lowest BCUT2D eigenvalue weighted by Crippen LogP contribution is -2.43. The van der Waals surface area contributed by atoms with Gasteiger partial charge in [-0.15, -0.1) is 24.0 Å². The Balaban J connectivity index is 0.00000364. The minimum Gasteiger partial charge on any atom is -0.493 e. The van der Waals surface area contributed by atoms with Crippen molar-refractivity contribution >= 4 is 29.9 Å². The average Bonchev–Trinajstić information content (AvgIpc) is 2.68. The molecule has 0 atom stereocenters. The Morgan fingerprint density at radius 2 is 1.67 bits per heavy atom. The monoisotopic (exact) mass is 483 g/mol. The van der Waals surface area contributed by atoms with E-state index in [1.54, 1.807) is 21.3 Å². The van der Waals surface area contributed by atoms with E-state index in [9.17, 15) is 0 Å². The molecular formula is C21H30IN3O2. The molecular weight excluding hydrogens is 453 g/mol. The minimum atomic E-state index is -0.00740. The Labute approximate surface area is 179 Å². The third kappa shape index (κ3) is 6.30. The van der Waals surface area contributed by atoms with Crippen LogP contribution in [0.25, 0.3) is 0 Å². The molecule has 0 saturated heterocycles. The SMILES string of the molecule is CN=C(NCc1cccc(OC)c1OC)NCC(C)(C)c1ccccc1.I. The first-order valence-corrected chi connectivity index (χ1v) is 8.71. The number of hydrogen-bond donors (Lipinski definition) is 2. The van der Waals surface area contributed by atoms with Gasteiger partial charge in [-0.1, -0.05) is 56.3 Å². The van der Waals surface area contributed by atoms with Crippen LogP contribution in [0.1, 0.15) is 25.0 Å². The first-order chi connectivity index (χ1) is 12.5. The van der Waals surface area contributed by atoms with Gasteiger partial charge in [-0.05, 0) is 11.6 Å². The third-order valence-corrected chi connectivity index (χ3v) is 4.41. The van der Waals surface area contributed by atoms with E-state index >= 15 is 0 Å². The van der Waals surface area contributed by atoms with Gasteiger partial charge in [-0.25, -0.2) is 0 Å². The molecule has 2 aromatic carbocycles. The molecule has 0 aliphatic heterocycles. The minimum absolute atomic E-state index is 0. The highest BCUT2D eigenvalue weighted by molar-refractivity contribution is 14.0. The fraction of sp³-hybridized carbons (Fsp3) is 0.381. The van der Waals surface area contributed by atoms with Gasteiger partial charge < -0.3 is 20.1 Å². The first-order valence-electron chi connectivity index (χ1n) is 8.71. The number of hydrogen-bond acceptors (Lipinski definition) is 3. The molecule has 0 fully saturated rings. The standard InChI is InChI=1S/C21H29N3O2.HI/c1-21(2,17-11-7-6-8-12-17)15-24-20(22-3)23-14-16-10-9-13-18(25-4)19(16)26-5;/h6-13H,14-15H2,1-5H3,(H2,22,23,24);1H. The van der Waals surface area contributed by atoms with Crippen molar-refractivity contribution in [3.63, 3.8) is 0 Å². The Morgan fingerprint density at radius 1 is 0.963 bits per heavy atom. The molecule has 2 aromatic rings. The summed E-state index contributed by atoms with van der Waals surface area (Å²) in [5, 5.41) is 6.75. The summed E-state index contributed by atoms with van der Waals surface area (Å²) in [7, 11) is 5.06. The first kappa shape index (κ1) is 23.1. The second kappa shape index (κ2) is 11.0. The molecule has 0 radical (unpaired) electrons. The number of aliphatic imine (C=N–C) groups is 1. The third-order valence-electron chi connectivity index (χ3n) is 4.41. The number of methoxy groups -OCH3 is 2. The predicted octanol–water partition coefficient (Wildman–Crippen LogP) is 3.96. The fourth-order valence-corrected chi connectivity index (χ4v) is 2.79. The van der Waals surface area contributed by atoms with Crippen LogP contribution in [0.4, 0.5) is 0 Å². The van der Waals surface area contributed by atoms with Crippen LogP contribution in [0.15, 0.2) is 53.5 Å². The maximum absolute atomic E-state index is 5.48. The molecule has 6 heteroatoms. The average molecular weight is 483 g/mol. The predicted molar refractivity (Wildman–Crippen MR) is 123 cm³/mol. The number of benzene rings is 2. The molecule has 5 nitrogen and oxygen atoms in total. The lowest BCUT2D eigenvalue weighted by Gasteiger charge is -2.27. The number of para-hydroxylation sites is 1. The number of nitrogens with one attached hydrogen (secondary N) is 2. The van der Waals surface area contributed by atoms with Gasteiger partial charge in [0, 0.05) is 31.1 Å². The highest BCUT2D eigenvalue weighted by Gasteiger charge is 2.20. The van der Waals surface area contributed by atoms with Gasteiger partial charge in [-0.3, -0.25) is 4.99 Å². The zero-order chi connectivity index (χ0) is 19.0. The molecule has 2 N–H and O–H groups in total. The van der Waals surface area contributed by atoms with Crippen molar-refractivity contribution < 1.29 is 9.47 Å². The Bertz CT molecular complexity index is 733. The van der Waals surface area contributed by atoms with Crippen molar-refractivity contribution in [2.24, 2.45) is 4.99 Å². The van der Waals surface area contributed by atoms with Crippen LogP contribution >= 0.6 is 24.0 Å². The lowest BCUT2D eigenvalue weighted by molar-refractivity contribution is 0.351. The van der Waals surface area contributed by atoms with Gasteiger partial charge in [-0.2, -0.15) is 0 Å².